The molecule has 1 atom stereocenters. The summed E-state index contributed by atoms with van der Waals surface area (Å²) in [5.41, 5.74) is 1.36. The maximum atomic E-state index is 13.5. The first-order chi connectivity index (χ1) is 18.8. The number of nitrogens with zero attached hydrogens (tertiary/aromatic N) is 1. The molecule has 1 unspecified atom stereocenters. The lowest BCUT2D eigenvalue weighted by molar-refractivity contribution is -0.139. The third-order valence-electron chi connectivity index (χ3n) is 6.57. The molecule has 0 spiro atoms. The van der Waals surface area contributed by atoms with Gasteiger partial charge in [0.2, 0.25) is 0 Å². The highest BCUT2D eigenvalue weighted by molar-refractivity contribution is 6.47. The van der Waals surface area contributed by atoms with Crippen molar-refractivity contribution in [2.45, 2.75) is 12.5 Å². The minimum atomic E-state index is -0.955. The van der Waals surface area contributed by atoms with Crippen molar-refractivity contribution in [1.29, 1.82) is 0 Å². The van der Waals surface area contributed by atoms with E-state index < -0.39 is 23.5 Å². The second kappa shape index (κ2) is 11.9. The van der Waals surface area contributed by atoms with Gasteiger partial charge >= 0.3 is 0 Å². The molecule has 0 bridgehead atoms. The average Bonchev–Trinajstić information content (AvgIpc) is 3.20. The number of Topliss-reactive ketones (excluding diaryl/α,β-unsaturated/α-hetero) is 1. The number of hydrogen-bond donors (Lipinski definition) is 1. The molecule has 1 amide bonds. The molecule has 0 aromatic heterocycles. The number of halogens is 2. The minimum absolute atomic E-state index is 0.0108. The van der Waals surface area contributed by atoms with Crippen LogP contribution in [0.3, 0.4) is 0 Å². The van der Waals surface area contributed by atoms with Crippen LogP contribution in [0.1, 0.15) is 22.7 Å². The summed E-state index contributed by atoms with van der Waals surface area (Å²) in [7, 11) is 5.83. The number of ether oxygens (including phenoxy) is 4. The molecule has 8 nitrogen and oxygen atoms in total. The number of hydrogen-bond acceptors (Lipinski definition) is 7. The number of amides is 1. The molecule has 1 aliphatic heterocycles. The van der Waals surface area contributed by atoms with Gasteiger partial charge in [-0.05, 0) is 36.2 Å². The zero-order valence-corrected chi connectivity index (χ0v) is 23.3. The zero-order chi connectivity index (χ0) is 28.3. The number of aliphatic hydroxyl groups is 1. The molecule has 10 heteroatoms. The number of ketones is 1. The second-order valence-electron chi connectivity index (χ2n) is 8.62. The maximum Gasteiger partial charge on any atom is 0.295 e. The van der Waals surface area contributed by atoms with Gasteiger partial charge in [-0.25, -0.2) is 0 Å². The van der Waals surface area contributed by atoms with Gasteiger partial charge in [-0.15, -0.1) is 0 Å². The zero-order valence-electron chi connectivity index (χ0n) is 21.8. The third-order valence-corrected chi connectivity index (χ3v) is 7.19. The molecule has 0 radical (unpaired) electrons. The first-order valence-electron chi connectivity index (χ1n) is 11.9. The van der Waals surface area contributed by atoms with Crippen LogP contribution >= 0.6 is 23.2 Å². The molecule has 4 rings (SSSR count). The van der Waals surface area contributed by atoms with Gasteiger partial charge in [0.15, 0.2) is 11.5 Å². The average molecular weight is 572 g/mol. The Morgan fingerprint density at radius 2 is 1.56 bits per heavy atom. The monoisotopic (exact) mass is 571 g/mol. The lowest BCUT2D eigenvalue weighted by Crippen LogP contribution is -2.31. The summed E-state index contributed by atoms with van der Waals surface area (Å²) < 4.78 is 21.5. The fourth-order valence-corrected chi connectivity index (χ4v) is 5.35. The predicted octanol–water partition coefficient (Wildman–Crippen LogP) is 5.69. The van der Waals surface area contributed by atoms with Crippen molar-refractivity contribution in [3.05, 3.63) is 86.9 Å². The van der Waals surface area contributed by atoms with Gasteiger partial charge in [0.05, 0.1) is 50.6 Å². The molecule has 3 aromatic carbocycles. The lowest BCUT2D eigenvalue weighted by Gasteiger charge is -2.27. The van der Waals surface area contributed by atoms with Gasteiger partial charge in [0.25, 0.3) is 11.7 Å². The van der Waals surface area contributed by atoms with E-state index in [1.54, 1.807) is 31.4 Å². The highest BCUT2D eigenvalue weighted by atomic mass is 35.5. The van der Waals surface area contributed by atoms with E-state index in [1.807, 2.05) is 24.3 Å². The summed E-state index contributed by atoms with van der Waals surface area (Å²) in [5.74, 6) is -0.763. The molecule has 0 saturated carbocycles. The molecular weight excluding hydrogens is 545 g/mol. The normalized spacial score (nSPS) is 16.4. The summed E-state index contributed by atoms with van der Waals surface area (Å²) in [6, 6.07) is 14.9. The van der Waals surface area contributed by atoms with Crippen LogP contribution in [0.4, 0.5) is 0 Å². The number of rotatable bonds is 9. The van der Waals surface area contributed by atoms with Gasteiger partial charge < -0.3 is 29.0 Å². The van der Waals surface area contributed by atoms with Crippen LogP contribution in [0.5, 0.6) is 23.0 Å². The number of aliphatic hydroxyl groups excluding tert-OH is 1. The van der Waals surface area contributed by atoms with Crippen molar-refractivity contribution < 1.29 is 33.6 Å². The van der Waals surface area contributed by atoms with Crippen LogP contribution in [-0.4, -0.2) is 56.7 Å². The maximum absolute atomic E-state index is 13.5. The SMILES string of the molecule is COc1ccc(CCN2C(=O)C(=O)/C(=C(/O)c3cc(Cl)c(OC)c(Cl)c3OC)C2c2ccccc2OC)cc1. The Morgan fingerprint density at radius 1 is 0.897 bits per heavy atom. The van der Waals surface area contributed by atoms with Crippen LogP contribution in [-0.2, 0) is 16.0 Å². The Morgan fingerprint density at radius 3 is 2.18 bits per heavy atom. The van der Waals surface area contributed by atoms with Gasteiger partial charge in [0, 0.05) is 12.1 Å². The van der Waals surface area contributed by atoms with E-state index in [2.05, 4.69) is 0 Å². The Hall–Kier alpha value is -3.88. The van der Waals surface area contributed by atoms with E-state index in [1.165, 1.54) is 32.3 Å². The molecule has 1 N–H and O–H groups in total. The number of benzene rings is 3. The van der Waals surface area contributed by atoms with Crippen molar-refractivity contribution in [2.24, 2.45) is 0 Å². The van der Waals surface area contributed by atoms with Crippen LogP contribution in [0.2, 0.25) is 10.0 Å². The number of methoxy groups -OCH3 is 4. The van der Waals surface area contributed by atoms with Crippen LogP contribution in [0.15, 0.2) is 60.2 Å². The number of para-hydroxylation sites is 1. The Kier molecular flexibility index (Phi) is 8.57. The molecule has 1 fully saturated rings. The molecule has 0 aliphatic carbocycles. The Labute approximate surface area is 236 Å². The van der Waals surface area contributed by atoms with E-state index in [4.69, 9.17) is 42.1 Å². The quantitative estimate of drug-likeness (QED) is 0.200. The van der Waals surface area contributed by atoms with Crippen molar-refractivity contribution in [3.63, 3.8) is 0 Å². The molecule has 39 heavy (non-hydrogen) atoms. The summed E-state index contributed by atoms with van der Waals surface area (Å²) in [4.78, 5) is 28.3. The molecular formula is C29H27Cl2NO7. The molecule has 1 heterocycles. The van der Waals surface area contributed by atoms with E-state index in [9.17, 15) is 14.7 Å². The second-order valence-corrected chi connectivity index (χ2v) is 9.40. The smallest absolute Gasteiger partial charge is 0.295 e. The summed E-state index contributed by atoms with van der Waals surface area (Å²) in [6.07, 6.45) is 0.451. The number of likely N-dealkylation sites (tertiary alicyclic amines) is 1. The Balaban J connectivity index is 1.88. The van der Waals surface area contributed by atoms with E-state index >= 15 is 0 Å². The number of carbonyl (C=O) groups excluding carboxylic acids is 2. The minimum Gasteiger partial charge on any atom is -0.507 e. The topological polar surface area (TPSA) is 94.5 Å². The fraction of sp³-hybridized carbons (Fsp3) is 0.241. The molecule has 204 valence electrons. The van der Waals surface area contributed by atoms with Crippen LogP contribution in [0, 0.1) is 0 Å². The summed E-state index contributed by atoms with van der Waals surface area (Å²) in [5, 5.41) is 11.7. The number of carbonyl (C=O) groups is 2. The molecule has 1 saturated heterocycles. The van der Waals surface area contributed by atoms with Crippen molar-refractivity contribution >= 4 is 40.7 Å². The van der Waals surface area contributed by atoms with Gasteiger partial charge in [-0.2, -0.15) is 0 Å². The summed E-state index contributed by atoms with van der Waals surface area (Å²) in [6.45, 7) is 0.192. The van der Waals surface area contributed by atoms with Gasteiger partial charge in [-0.3, -0.25) is 9.59 Å². The lowest BCUT2D eigenvalue weighted by atomic mass is 9.94. The van der Waals surface area contributed by atoms with Crippen molar-refractivity contribution in [2.75, 3.05) is 35.0 Å². The first-order valence-corrected chi connectivity index (χ1v) is 12.7. The molecule has 1 aliphatic rings. The predicted molar refractivity (Wildman–Crippen MR) is 148 cm³/mol. The third kappa shape index (κ3) is 5.22. The largest absolute Gasteiger partial charge is 0.507 e. The fourth-order valence-electron chi connectivity index (χ4n) is 4.66. The van der Waals surface area contributed by atoms with Gasteiger partial charge in [-0.1, -0.05) is 53.5 Å². The van der Waals surface area contributed by atoms with E-state index in [-0.39, 0.29) is 39.2 Å². The van der Waals surface area contributed by atoms with Crippen molar-refractivity contribution in [1.82, 2.24) is 4.90 Å². The highest BCUT2D eigenvalue weighted by Gasteiger charge is 2.47. The first kappa shape index (κ1) is 28.1. The van der Waals surface area contributed by atoms with Crippen LogP contribution < -0.4 is 18.9 Å². The van der Waals surface area contributed by atoms with Crippen molar-refractivity contribution in [3.8, 4) is 23.0 Å². The summed E-state index contributed by atoms with van der Waals surface area (Å²) >= 11 is 12.8. The van der Waals surface area contributed by atoms with Gasteiger partial charge in [0.1, 0.15) is 22.3 Å². The Bertz CT molecular complexity index is 1440. The van der Waals surface area contributed by atoms with E-state index in [0.29, 0.717) is 23.5 Å². The molecule has 3 aromatic rings. The van der Waals surface area contributed by atoms with Crippen LogP contribution in [0.25, 0.3) is 5.76 Å². The van der Waals surface area contributed by atoms with E-state index in [0.717, 1.165) is 5.56 Å². The standard InChI is InChI=1S/C29H27Cl2NO7/c1-36-17-11-9-16(10-12-17)13-14-32-24(18-7-5-6-8-21(18)37-2)22(26(34)29(32)35)25(33)19-15-20(30)28(39-4)23(31)27(19)38-3/h5-12,15,24,33H,13-14H2,1-4H3/b25-22+. The highest BCUT2D eigenvalue weighted by Crippen LogP contribution is 2.48.